The summed E-state index contributed by atoms with van der Waals surface area (Å²) >= 11 is 0. The van der Waals surface area contributed by atoms with Crippen LogP contribution in [0.15, 0.2) is 188 Å². The number of fused-ring (bicyclic) bond motifs is 5. The van der Waals surface area contributed by atoms with E-state index in [1.165, 1.54) is 82.1 Å². The fourth-order valence-corrected chi connectivity index (χ4v) is 7.82. The highest BCUT2D eigenvalue weighted by Crippen LogP contribution is 2.46. The monoisotopic (exact) mass is 662 g/mol. The van der Waals surface area contributed by atoms with E-state index in [0.29, 0.717) is 5.70 Å². The summed E-state index contributed by atoms with van der Waals surface area (Å²) in [5.74, 6) is 0. The predicted octanol–water partition coefficient (Wildman–Crippen LogP) is 12.9. The second kappa shape index (κ2) is 12.2. The van der Waals surface area contributed by atoms with Gasteiger partial charge >= 0.3 is 0 Å². The molecule has 1 heterocycles. The van der Waals surface area contributed by atoms with Crippen LogP contribution in [0.1, 0.15) is 17.5 Å². The minimum Gasteiger partial charge on any atom is -0.398 e. The zero-order valence-electron chi connectivity index (χ0n) is 28.6. The second-order valence-electron chi connectivity index (χ2n) is 13.7. The quantitative estimate of drug-likeness (QED) is 0.142. The predicted molar refractivity (Wildman–Crippen MR) is 222 cm³/mol. The van der Waals surface area contributed by atoms with Gasteiger partial charge in [0.2, 0.25) is 0 Å². The first kappa shape index (κ1) is 30.1. The summed E-state index contributed by atoms with van der Waals surface area (Å²) in [4.78, 5) is 4.65. The molecule has 8 aromatic carbocycles. The molecule has 0 saturated heterocycles. The van der Waals surface area contributed by atoms with Gasteiger partial charge in [-0.3, -0.25) is 4.98 Å². The topological polar surface area (TPSA) is 38.9 Å². The molecule has 0 bridgehead atoms. The zero-order chi connectivity index (χ0) is 34.6. The van der Waals surface area contributed by atoms with Gasteiger partial charge < -0.3 is 5.73 Å². The van der Waals surface area contributed by atoms with E-state index in [1.54, 1.807) is 0 Å². The van der Waals surface area contributed by atoms with Gasteiger partial charge in [0, 0.05) is 22.8 Å². The standard InChI is InChI=1S/C50H34N2/c51-47(41-29-38-13-5-8-16-48(38)52-31-41)26-25-42(34-19-20-34)37-23-24-45-46(30-37)50(40-22-18-33-10-2-4-12-36(33)28-40)44-15-7-6-14-43(44)49(45)39-21-17-32-9-1-3-11-35(32)27-39/h1-19,21-31H,20,51H2/b42-25+,47-26-. The van der Waals surface area contributed by atoms with Crippen LogP contribution in [0.3, 0.4) is 0 Å². The summed E-state index contributed by atoms with van der Waals surface area (Å²) < 4.78 is 0. The largest absolute Gasteiger partial charge is 0.398 e. The maximum atomic E-state index is 6.71. The Labute approximate surface area is 302 Å². The summed E-state index contributed by atoms with van der Waals surface area (Å²) in [6.45, 7) is 0. The van der Waals surface area contributed by atoms with Gasteiger partial charge in [-0.25, -0.2) is 0 Å². The van der Waals surface area contributed by atoms with Gasteiger partial charge in [-0.2, -0.15) is 0 Å². The first-order valence-electron chi connectivity index (χ1n) is 17.9. The fourth-order valence-electron chi connectivity index (χ4n) is 7.82. The van der Waals surface area contributed by atoms with Crippen molar-refractivity contribution in [2.75, 3.05) is 0 Å². The van der Waals surface area contributed by atoms with Crippen molar-refractivity contribution in [3.05, 3.63) is 199 Å². The summed E-state index contributed by atoms with van der Waals surface area (Å²) in [5.41, 5.74) is 18.0. The van der Waals surface area contributed by atoms with E-state index < -0.39 is 0 Å². The summed E-state index contributed by atoms with van der Waals surface area (Å²) in [7, 11) is 0. The normalized spacial score (nSPS) is 13.3. The molecule has 0 aliphatic heterocycles. The van der Waals surface area contributed by atoms with Crippen LogP contribution in [-0.2, 0) is 0 Å². The maximum absolute atomic E-state index is 6.71. The molecule has 0 amide bonds. The van der Waals surface area contributed by atoms with E-state index in [0.717, 1.165) is 22.9 Å². The Bertz CT molecular complexity index is 3000. The molecule has 0 radical (unpaired) electrons. The first-order valence-corrected chi connectivity index (χ1v) is 17.9. The number of hydrogen-bond acceptors (Lipinski definition) is 2. The Morgan fingerprint density at radius 1 is 0.481 bits per heavy atom. The van der Waals surface area contributed by atoms with E-state index >= 15 is 0 Å². The van der Waals surface area contributed by atoms with E-state index in [1.807, 2.05) is 30.5 Å². The van der Waals surface area contributed by atoms with Crippen LogP contribution in [0.25, 0.3) is 87.5 Å². The number of pyridine rings is 1. The van der Waals surface area contributed by atoms with Gasteiger partial charge in [0.25, 0.3) is 0 Å². The van der Waals surface area contributed by atoms with Gasteiger partial charge in [0.1, 0.15) is 0 Å². The van der Waals surface area contributed by atoms with Crippen LogP contribution in [0.5, 0.6) is 0 Å². The lowest BCUT2D eigenvalue weighted by molar-refractivity contribution is 1.37. The van der Waals surface area contributed by atoms with Crippen molar-refractivity contribution < 1.29 is 0 Å². The van der Waals surface area contributed by atoms with Crippen molar-refractivity contribution >= 4 is 65.3 Å². The number of rotatable bonds is 6. The number of benzene rings is 8. The van der Waals surface area contributed by atoms with E-state index in [-0.39, 0.29) is 0 Å². The Kier molecular flexibility index (Phi) is 7.07. The van der Waals surface area contributed by atoms with Crippen molar-refractivity contribution in [3.8, 4) is 22.3 Å². The molecule has 1 aliphatic rings. The molecule has 0 fully saturated rings. The molecule has 0 spiro atoms. The van der Waals surface area contributed by atoms with Gasteiger partial charge in [-0.05, 0) is 125 Å². The lowest BCUT2D eigenvalue weighted by atomic mass is 9.84. The molecular weight excluding hydrogens is 629 g/mol. The second-order valence-corrected chi connectivity index (χ2v) is 13.7. The minimum absolute atomic E-state index is 0.694. The molecule has 10 rings (SSSR count). The van der Waals surface area contributed by atoms with Gasteiger partial charge in [-0.1, -0.05) is 140 Å². The highest BCUT2D eigenvalue weighted by molar-refractivity contribution is 6.22. The van der Waals surface area contributed by atoms with Crippen molar-refractivity contribution in [1.29, 1.82) is 0 Å². The zero-order valence-corrected chi connectivity index (χ0v) is 28.6. The van der Waals surface area contributed by atoms with E-state index in [9.17, 15) is 0 Å². The SMILES string of the molecule is N/C(=C\C=C(/C1=CC1)c1ccc2c(-c3ccc4ccccc4c3)c3ccccc3c(-c3ccc4ccccc4c3)c2c1)c1cnc2ccccc2c1. The third kappa shape index (κ3) is 5.25. The number of allylic oxidation sites excluding steroid dienone is 5. The van der Waals surface area contributed by atoms with Crippen LogP contribution in [-0.4, -0.2) is 4.98 Å². The summed E-state index contributed by atoms with van der Waals surface area (Å²) in [5, 5.41) is 11.0. The van der Waals surface area contributed by atoms with Crippen LogP contribution in [0.4, 0.5) is 0 Å². The molecule has 2 N–H and O–H groups in total. The van der Waals surface area contributed by atoms with E-state index in [2.05, 4.69) is 157 Å². The van der Waals surface area contributed by atoms with Crippen molar-refractivity contribution in [3.63, 3.8) is 0 Å². The van der Waals surface area contributed by atoms with Crippen molar-refractivity contribution in [2.45, 2.75) is 6.42 Å². The molecule has 52 heavy (non-hydrogen) atoms. The Hall–Kier alpha value is -6.77. The maximum Gasteiger partial charge on any atom is 0.0702 e. The smallest absolute Gasteiger partial charge is 0.0702 e. The van der Waals surface area contributed by atoms with Gasteiger partial charge in [0.15, 0.2) is 0 Å². The van der Waals surface area contributed by atoms with Crippen molar-refractivity contribution in [1.82, 2.24) is 4.98 Å². The molecule has 0 unspecified atom stereocenters. The number of hydrogen-bond donors (Lipinski definition) is 1. The molecular formula is C50H34N2. The molecule has 2 heteroatoms. The average Bonchev–Trinajstić information content (AvgIpc) is 4.05. The third-order valence-corrected chi connectivity index (χ3v) is 10.5. The number of para-hydroxylation sites is 1. The van der Waals surface area contributed by atoms with Crippen LogP contribution in [0.2, 0.25) is 0 Å². The lowest BCUT2D eigenvalue weighted by Gasteiger charge is -2.19. The number of nitrogens with two attached hydrogens (primary N) is 1. The first-order chi connectivity index (χ1) is 25.7. The minimum atomic E-state index is 0.694. The molecule has 0 saturated carbocycles. The van der Waals surface area contributed by atoms with Gasteiger partial charge in [0.05, 0.1) is 5.52 Å². The Morgan fingerprint density at radius 3 is 1.69 bits per heavy atom. The summed E-state index contributed by atoms with van der Waals surface area (Å²) in [6.07, 6.45) is 9.36. The molecule has 1 aliphatic carbocycles. The molecule has 244 valence electrons. The molecule has 0 atom stereocenters. The average molecular weight is 663 g/mol. The van der Waals surface area contributed by atoms with Crippen LogP contribution in [0, 0.1) is 0 Å². The number of nitrogens with zero attached hydrogens (tertiary/aromatic N) is 1. The molecule has 1 aromatic heterocycles. The van der Waals surface area contributed by atoms with E-state index in [4.69, 9.17) is 5.73 Å². The summed E-state index contributed by atoms with van der Waals surface area (Å²) in [6, 6.07) is 57.2. The number of aromatic nitrogens is 1. The lowest BCUT2D eigenvalue weighted by Crippen LogP contribution is -1.97. The molecule has 9 aromatic rings. The highest BCUT2D eigenvalue weighted by atomic mass is 14.7. The highest BCUT2D eigenvalue weighted by Gasteiger charge is 2.20. The molecule has 2 nitrogen and oxygen atoms in total. The van der Waals surface area contributed by atoms with Gasteiger partial charge in [-0.15, -0.1) is 0 Å². The van der Waals surface area contributed by atoms with Crippen LogP contribution < -0.4 is 5.73 Å². The Balaban J connectivity index is 1.21. The van der Waals surface area contributed by atoms with Crippen LogP contribution >= 0.6 is 0 Å². The van der Waals surface area contributed by atoms with Crippen molar-refractivity contribution in [2.24, 2.45) is 5.73 Å². The Morgan fingerprint density at radius 2 is 1.04 bits per heavy atom. The third-order valence-electron chi connectivity index (χ3n) is 10.5. The fraction of sp³-hybridized carbons (Fsp3) is 0.0200.